The molecular weight excluding hydrogens is 336 g/mol. The summed E-state index contributed by atoms with van der Waals surface area (Å²) in [5.41, 5.74) is 2.94. The maximum Gasteiger partial charge on any atom is 0.172 e. The Labute approximate surface area is 151 Å². The molecule has 0 spiro atoms. The highest BCUT2D eigenvalue weighted by Gasteiger charge is 2.59. The predicted octanol–water partition coefficient (Wildman–Crippen LogP) is 4.50. The summed E-state index contributed by atoms with van der Waals surface area (Å²) in [5.74, 6) is 2.50. The number of hydrogen-bond acceptors (Lipinski definition) is 4. The van der Waals surface area contributed by atoms with Crippen molar-refractivity contribution >= 4 is 35.1 Å². The maximum absolute atomic E-state index is 12.9. The Kier molecular flexibility index (Phi) is 3.08. The molecule has 0 aromatic rings. The molecule has 2 heterocycles. The van der Waals surface area contributed by atoms with Crippen molar-refractivity contribution in [2.75, 3.05) is 0 Å². The van der Waals surface area contributed by atoms with Gasteiger partial charge in [-0.05, 0) is 48.7 Å². The van der Waals surface area contributed by atoms with Gasteiger partial charge in [0.2, 0.25) is 0 Å². The first-order chi connectivity index (χ1) is 11.8. The molecule has 0 amide bonds. The Balaban J connectivity index is 1.36. The van der Waals surface area contributed by atoms with E-state index >= 15 is 0 Å². The lowest BCUT2D eigenvalue weighted by Crippen LogP contribution is -2.31. The lowest BCUT2D eigenvalue weighted by molar-refractivity contribution is -0.120. The summed E-state index contributed by atoms with van der Waals surface area (Å²) in [7, 11) is 0. The quantitative estimate of drug-likeness (QED) is 0.638. The molecule has 126 valence electrons. The van der Waals surface area contributed by atoms with Gasteiger partial charge in [-0.3, -0.25) is 9.59 Å². The molecule has 2 fully saturated rings. The molecule has 0 bridgehead atoms. The molecule has 4 aliphatic carbocycles. The summed E-state index contributed by atoms with van der Waals surface area (Å²) < 4.78 is 0. The second-order valence-electron chi connectivity index (χ2n) is 8.37. The van der Waals surface area contributed by atoms with Crippen LogP contribution in [-0.4, -0.2) is 22.1 Å². The number of rotatable bonds is 0. The van der Waals surface area contributed by atoms with Gasteiger partial charge in [0, 0.05) is 22.3 Å². The number of allylic oxidation sites excluding steroid dienone is 2. The minimum atomic E-state index is 0.284. The van der Waals surface area contributed by atoms with Crippen molar-refractivity contribution in [1.82, 2.24) is 0 Å². The zero-order valence-electron chi connectivity index (χ0n) is 13.8. The van der Waals surface area contributed by atoms with Gasteiger partial charge in [-0.15, -0.1) is 23.5 Å². The van der Waals surface area contributed by atoms with Crippen molar-refractivity contribution in [1.29, 1.82) is 0 Å². The molecule has 24 heavy (non-hydrogen) atoms. The molecule has 0 aromatic heterocycles. The van der Waals surface area contributed by atoms with Crippen LogP contribution in [0.3, 0.4) is 0 Å². The number of carbonyl (C=O) groups excluding carboxylic acids is 2. The zero-order chi connectivity index (χ0) is 16.0. The van der Waals surface area contributed by atoms with Gasteiger partial charge in [0.15, 0.2) is 11.6 Å². The van der Waals surface area contributed by atoms with Gasteiger partial charge in [0.1, 0.15) is 0 Å². The van der Waals surface area contributed by atoms with Crippen LogP contribution in [0.15, 0.2) is 21.0 Å². The molecule has 6 atom stereocenters. The monoisotopic (exact) mass is 358 g/mol. The van der Waals surface area contributed by atoms with E-state index < -0.39 is 0 Å². The number of carbonyl (C=O) groups is 2. The second kappa shape index (κ2) is 5.03. The predicted molar refractivity (Wildman–Crippen MR) is 97.7 cm³/mol. The summed E-state index contributed by atoms with van der Waals surface area (Å²) >= 11 is 3.72. The van der Waals surface area contributed by atoms with E-state index in [1.165, 1.54) is 49.7 Å². The van der Waals surface area contributed by atoms with Crippen LogP contribution in [0.2, 0.25) is 0 Å². The SMILES string of the molecule is O=C1C2=C(C3CCCCC13)C1SC3=C(C4CCCCC4C3=O)C1S2. The van der Waals surface area contributed by atoms with Crippen LogP contribution >= 0.6 is 23.5 Å². The fourth-order valence-electron chi connectivity index (χ4n) is 6.36. The summed E-state index contributed by atoms with van der Waals surface area (Å²) in [6.45, 7) is 0. The van der Waals surface area contributed by atoms with Crippen LogP contribution < -0.4 is 0 Å². The number of ketones is 2. The number of Topliss-reactive ketones (excluding diaryl/α,β-unsaturated/α-hetero) is 2. The van der Waals surface area contributed by atoms with E-state index in [9.17, 15) is 9.59 Å². The van der Waals surface area contributed by atoms with Gasteiger partial charge in [-0.25, -0.2) is 0 Å². The first kappa shape index (κ1) is 14.7. The van der Waals surface area contributed by atoms with Crippen LogP contribution in [0.4, 0.5) is 0 Å². The smallest absolute Gasteiger partial charge is 0.172 e. The lowest BCUT2D eigenvalue weighted by Gasteiger charge is -2.33. The molecule has 0 aromatic carbocycles. The number of hydrogen-bond donors (Lipinski definition) is 0. The normalized spacial score (nSPS) is 46.2. The van der Waals surface area contributed by atoms with Crippen molar-refractivity contribution in [2.24, 2.45) is 23.7 Å². The molecule has 6 rings (SSSR count). The zero-order valence-corrected chi connectivity index (χ0v) is 15.4. The Morgan fingerprint density at radius 2 is 0.958 bits per heavy atom. The topological polar surface area (TPSA) is 34.1 Å². The van der Waals surface area contributed by atoms with E-state index in [1.54, 1.807) is 0 Å². The van der Waals surface area contributed by atoms with Crippen LogP contribution in [0.25, 0.3) is 0 Å². The van der Waals surface area contributed by atoms with Gasteiger partial charge >= 0.3 is 0 Å². The standard InChI is InChI=1S/C20H22O2S2/c21-15-11-7-3-1-5-9(11)13-17(15)23-20-14-10-6-2-4-8-12(10)16(22)18(14)24-19(13)20/h9-12,19-20H,1-8H2. The Hall–Kier alpha value is -0.480. The molecule has 6 aliphatic rings. The molecule has 0 radical (unpaired) electrons. The highest BCUT2D eigenvalue weighted by Crippen LogP contribution is 2.66. The van der Waals surface area contributed by atoms with Gasteiger partial charge in [0.25, 0.3) is 0 Å². The molecule has 2 aliphatic heterocycles. The van der Waals surface area contributed by atoms with Crippen molar-refractivity contribution in [2.45, 2.75) is 61.9 Å². The molecule has 6 unspecified atom stereocenters. The number of thioether (sulfide) groups is 2. The highest BCUT2D eigenvalue weighted by molar-refractivity contribution is 8.10. The minimum Gasteiger partial charge on any atom is -0.293 e. The molecule has 0 saturated heterocycles. The highest BCUT2D eigenvalue weighted by atomic mass is 32.2. The minimum absolute atomic E-state index is 0.284. The molecule has 4 heteroatoms. The second-order valence-corrected chi connectivity index (χ2v) is 10.7. The average Bonchev–Trinajstić information content (AvgIpc) is 3.29. The van der Waals surface area contributed by atoms with Crippen LogP contribution in [-0.2, 0) is 9.59 Å². The van der Waals surface area contributed by atoms with Crippen LogP contribution in [0.5, 0.6) is 0 Å². The van der Waals surface area contributed by atoms with Crippen molar-refractivity contribution in [3.63, 3.8) is 0 Å². The van der Waals surface area contributed by atoms with Crippen molar-refractivity contribution in [3.05, 3.63) is 21.0 Å². The van der Waals surface area contributed by atoms with E-state index in [0.29, 0.717) is 33.9 Å². The number of fused-ring (bicyclic) bond motifs is 7. The fraction of sp³-hybridized carbons (Fsp3) is 0.700. The Bertz CT molecular complexity index is 672. The van der Waals surface area contributed by atoms with Gasteiger partial charge < -0.3 is 0 Å². The van der Waals surface area contributed by atoms with E-state index in [2.05, 4.69) is 0 Å². The Morgan fingerprint density at radius 1 is 0.583 bits per heavy atom. The third-order valence-corrected chi connectivity index (χ3v) is 10.4. The molecule has 0 N–H and O–H groups in total. The first-order valence-electron chi connectivity index (χ1n) is 9.65. The van der Waals surface area contributed by atoms with Crippen LogP contribution in [0, 0.1) is 23.7 Å². The molecular formula is C20H22O2S2. The first-order valence-corrected chi connectivity index (χ1v) is 11.4. The third-order valence-electron chi connectivity index (χ3n) is 7.35. The van der Waals surface area contributed by atoms with Gasteiger partial charge in [0.05, 0.1) is 9.81 Å². The Morgan fingerprint density at radius 3 is 1.38 bits per heavy atom. The summed E-state index contributed by atoms with van der Waals surface area (Å²) in [6.07, 6.45) is 9.57. The van der Waals surface area contributed by atoms with Crippen molar-refractivity contribution in [3.8, 4) is 0 Å². The van der Waals surface area contributed by atoms with E-state index in [0.717, 1.165) is 22.7 Å². The summed E-state index contributed by atoms with van der Waals surface area (Å²) in [5, 5.41) is 0.831. The van der Waals surface area contributed by atoms with Gasteiger partial charge in [-0.2, -0.15) is 0 Å². The summed E-state index contributed by atoms with van der Waals surface area (Å²) in [4.78, 5) is 28.1. The van der Waals surface area contributed by atoms with Crippen LogP contribution in [0.1, 0.15) is 51.4 Å². The summed E-state index contributed by atoms with van der Waals surface area (Å²) in [6, 6.07) is 0. The van der Waals surface area contributed by atoms with E-state index in [-0.39, 0.29) is 11.8 Å². The lowest BCUT2D eigenvalue weighted by atomic mass is 9.75. The van der Waals surface area contributed by atoms with E-state index in [4.69, 9.17) is 0 Å². The maximum atomic E-state index is 12.9. The van der Waals surface area contributed by atoms with Crippen molar-refractivity contribution < 1.29 is 9.59 Å². The molecule has 2 nitrogen and oxygen atoms in total. The molecule has 2 saturated carbocycles. The largest absolute Gasteiger partial charge is 0.293 e. The van der Waals surface area contributed by atoms with Gasteiger partial charge in [-0.1, -0.05) is 25.7 Å². The van der Waals surface area contributed by atoms with E-state index in [1.807, 2.05) is 23.5 Å². The third kappa shape index (κ3) is 1.68. The average molecular weight is 359 g/mol. The fourth-order valence-corrected chi connectivity index (χ4v) is 10.1.